The topological polar surface area (TPSA) is 64.5 Å². The first-order valence-electron chi connectivity index (χ1n) is 17.3. The minimum absolute atomic E-state index is 0.905. The molecular weight excluding hydrogens is 635 g/mol. The molecule has 0 aliphatic heterocycles. The molecule has 0 saturated carbocycles. The van der Waals surface area contributed by atoms with E-state index in [4.69, 9.17) is 19.9 Å². The molecule has 5 heteroatoms. The van der Waals surface area contributed by atoms with Gasteiger partial charge in [0.1, 0.15) is 0 Å². The number of nitrogens with zero attached hydrogens (tertiary/aromatic N) is 5. The van der Waals surface area contributed by atoms with E-state index in [1.807, 2.05) is 30.3 Å². The summed E-state index contributed by atoms with van der Waals surface area (Å²) >= 11 is 0. The first kappa shape index (κ1) is 29.8. The fourth-order valence-corrected chi connectivity index (χ4v) is 6.96. The Morgan fingerprint density at radius 3 is 1.15 bits per heavy atom. The number of aromatic nitrogens is 5. The number of rotatable bonds is 5. The van der Waals surface area contributed by atoms with Crippen LogP contribution in [0.2, 0.25) is 0 Å². The van der Waals surface area contributed by atoms with Gasteiger partial charge < -0.3 is 0 Å². The van der Waals surface area contributed by atoms with Crippen molar-refractivity contribution in [2.24, 2.45) is 0 Å². The molecular formula is C47H29N5. The zero-order valence-corrected chi connectivity index (χ0v) is 28.0. The Kier molecular flexibility index (Phi) is 7.07. The van der Waals surface area contributed by atoms with Crippen LogP contribution in [0.3, 0.4) is 0 Å². The normalized spacial score (nSPS) is 11.5. The van der Waals surface area contributed by atoms with E-state index in [1.54, 1.807) is 12.4 Å². The van der Waals surface area contributed by atoms with Crippen molar-refractivity contribution in [2.45, 2.75) is 0 Å². The van der Waals surface area contributed by atoms with E-state index in [1.165, 1.54) is 0 Å². The highest BCUT2D eigenvalue weighted by atomic mass is 14.8. The first-order valence-corrected chi connectivity index (χ1v) is 17.3. The fraction of sp³-hybridized carbons (Fsp3) is 0. The summed E-state index contributed by atoms with van der Waals surface area (Å²) in [5.74, 6) is 0. The lowest BCUT2D eigenvalue weighted by Crippen LogP contribution is -1.91. The minimum atomic E-state index is 0.905. The number of pyridine rings is 5. The van der Waals surface area contributed by atoms with Gasteiger partial charge in [0, 0.05) is 56.2 Å². The molecule has 0 unspecified atom stereocenters. The van der Waals surface area contributed by atoms with E-state index in [-0.39, 0.29) is 0 Å². The van der Waals surface area contributed by atoms with Crippen molar-refractivity contribution in [3.05, 3.63) is 176 Å². The molecule has 0 atom stereocenters. The molecule has 5 aromatic carbocycles. The summed E-state index contributed by atoms with van der Waals surface area (Å²) in [5, 5.41) is 4.35. The van der Waals surface area contributed by atoms with Crippen LogP contribution in [0, 0.1) is 0 Å². The molecule has 0 bridgehead atoms. The van der Waals surface area contributed by atoms with Gasteiger partial charge in [-0.3, -0.25) is 4.98 Å². The zero-order valence-electron chi connectivity index (χ0n) is 28.0. The lowest BCUT2D eigenvalue weighted by Gasteiger charge is -2.09. The van der Waals surface area contributed by atoms with E-state index in [0.29, 0.717) is 0 Å². The van der Waals surface area contributed by atoms with E-state index in [9.17, 15) is 0 Å². The van der Waals surface area contributed by atoms with Crippen molar-refractivity contribution in [1.82, 2.24) is 24.9 Å². The van der Waals surface area contributed by atoms with Gasteiger partial charge in [0.2, 0.25) is 0 Å². The highest BCUT2D eigenvalue weighted by Gasteiger charge is 2.11. The van der Waals surface area contributed by atoms with E-state index < -0.39 is 0 Å². The van der Waals surface area contributed by atoms with Gasteiger partial charge in [-0.2, -0.15) is 0 Å². The van der Waals surface area contributed by atoms with Crippen molar-refractivity contribution >= 4 is 43.6 Å². The van der Waals surface area contributed by atoms with Crippen LogP contribution in [0.4, 0.5) is 0 Å². The third-order valence-corrected chi connectivity index (χ3v) is 9.75. The molecule has 242 valence electrons. The lowest BCUT2D eigenvalue weighted by molar-refractivity contribution is 1.31. The Morgan fingerprint density at radius 2 is 0.654 bits per heavy atom. The van der Waals surface area contributed by atoms with Crippen LogP contribution in [-0.2, 0) is 0 Å². The molecule has 0 aliphatic carbocycles. The Balaban J connectivity index is 0.926. The number of hydrogen-bond donors (Lipinski definition) is 0. The predicted octanol–water partition coefficient (Wildman–Crippen LogP) is 11.6. The summed E-state index contributed by atoms with van der Waals surface area (Å²) in [6.45, 7) is 0. The maximum Gasteiger partial charge on any atom is 0.0972 e. The van der Waals surface area contributed by atoms with Gasteiger partial charge in [-0.25, -0.2) is 19.9 Å². The van der Waals surface area contributed by atoms with E-state index in [0.717, 1.165) is 99.8 Å². The lowest BCUT2D eigenvalue weighted by atomic mass is 10.00. The Bertz CT molecular complexity index is 2940. The molecule has 0 spiro atoms. The van der Waals surface area contributed by atoms with Gasteiger partial charge in [0.15, 0.2) is 0 Å². The first-order chi connectivity index (χ1) is 25.7. The van der Waals surface area contributed by atoms with Gasteiger partial charge >= 0.3 is 0 Å². The largest absolute Gasteiger partial charge is 0.265 e. The maximum atomic E-state index is 5.13. The fourth-order valence-electron chi connectivity index (χ4n) is 6.96. The van der Waals surface area contributed by atoms with Crippen molar-refractivity contribution in [3.63, 3.8) is 0 Å². The molecule has 0 N–H and O–H groups in total. The quantitative estimate of drug-likeness (QED) is 0.171. The smallest absolute Gasteiger partial charge is 0.0972 e. The van der Waals surface area contributed by atoms with Crippen molar-refractivity contribution < 1.29 is 0 Å². The molecule has 52 heavy (non-hydrogen) atoms. The van der Waals surface area contributed by atoms with Gasteiger partial charge in [-0.1, -0.05) is 103 Å². The average Bonchev–Trinajstić information content (AvgIpc) is 3.23. The molecule has 10 rings (SSSR count). The van der Waals surface area contributed by atoms with Crippen molar-refractivity contribution in [1.29, 1.82) is 0 Å². The third-order valence-electron chi connectivity index (χ3n) is 9.75. The molecule has 5 aromatic heterocycles. The Morgan fingerprint density at radius 1 is 0.269 bits per heavy atom. The summed E-state index contributed by atoms with van der Waals surface area (Å²) < 4.78 is 0. The standard InChI is InChI=1S/C47H29N5/c1-2-4-30(5-3-1)42-18-12-34-10-11-35-13-19-43(52-47(35)46(34)51-42)32-8-6-31(7-9-32)40-22-16-38-28-36(14-20-44(38)49-40)37-15-21-45-39(29-37)17-23-41(50-45)33-24-26-48-27-25-33/h1-29H. The van der Waals surface area contributed by atoms with Gasteiger partial charge in [-0.05, 0) is 71.8 Å². The predicted molar refractivity (Wildman–Crippen MR) is 213 cm³/mol. The van der Waals surface area contributed by atoms with Crippen LogP contribution in [-0.4, -0.2) is 24.9 Å². The summed E-state index contributed by atoms with van der Waals surface area (Å²) in [4.78, 5) is 24.2. The highest BCUT2D eigenvalue weighted by molar-refractivity contribution is 6.04. The van der Waals surface area contributed by atoms with Crippen LogP contribution in [0.1, 0.15) is 0 Å². The van der Waals surface area contributed by atoms with Crippen LogP contribution in [0.5, 0.6) is 0 Å². The van der Waals surface area contributed by atoms with Gasteiger partial charge in [-0.15, -0.1) is 0 Å². The molecule has 0 fully saturated rings. The molecule has 0 saturated heterocycles. The average molecular weight is 664 g/mol. The molecule has 5 nitrogen and oxygen atoms in total. The van der Waals surface area contributed by atoms with E-state index in [2.05, 4.69) is 138 Å². The third kappa shape index (κ3) is 5.42. The van der Waals surface area contributed by atoms with Gasteiger partial charge in [0.05, 0.1) is 44.8 Å². The summed E-state index contributed by atoms with van der Waals surface area (Å²) in [6, 6.07) is 56.8. The van der Waals surface area contributed by atoms with Crippen molar-refractivity contribution in [2.75, 3.05) is 0 Å². The zero-order chi connectivity index (χ0) is 34.4. The van der Waals surface area contributed by atoms with Crippen molar-refractivity contribution in [3.8, 4) is 56.2 Å². The summed E-state index contributed by atoms with van der Waals surface area (Å²) in [5.41, 5.74) is 14.0. The SMILES string of the molecule is c1ccc(-c2ccc3ccc4ccc(-c5ccc(-c6ccc7cc(-c8ccc9nc(-c%10ccncc%10)ccc9c8)ccc7n6)cc5)nc4c3n2)cc1. The molecule has 0 amide bonds. The number of benzene rings is 5. The molecule has 5 heterocycles. The van der Waals surface area contributed by atoms with Crippen LogP contribution >= 0.6 is 0 Å². The number of fused-ring (bicyclic) bond motifs is 5. The molecule has 0 radical (unpaired) electrons. The van der Waals surface area contributed by atoms with Crippen LogP contribution in [0.25, 0.3) is 99.8 Å². The van der Waals surface area contributed by atoms with Crippen LogP contribution < -0.4 is 0 Å². The summed E-state index contributed by atoms with van der Waals surface area (Å²) in [7, 11) is 0. The molecule has 0 aliphatic rings. The minimum Gasteiger partial charge on any atom is -0.265 e. The Hall–Kier alpha value is -7.11. The van der Waals surface area contributed by atoms with Crippen LogP contribution in [0.15, 0.2) is 176 Å². The Labute approximate surface area is 300 Å². The monoisotopic (exact) mass is 663 g/mol. The second-order valence-corrected chi connectivity index (χ2v) is 13.0. The summed E-state index contributed by atoms with van der Waals surface area (Å²) in [6.07, 6.45) is 3.59. The second kappa shape index (κ2) is 12.3. The highest BCUT2D eigenvalue weighted by Crippen LogP contribution is 2.32. The van der Waals surface area contributed by atoms with Gasteiger partial charge in [0.25, 0.3) is 0 Å². The maximum absolute atomic E-state index is 5.13. The molecule has 10 aromatic rings. The number of hydrogen-bond acceptors (Lipinski definition) is 5. The van der Waals surface area contributed by atoms with E-state index >= 15 is 0 Å². The second-order valence-electron chi connectivity index (χ2n) is 13.0.